The van der Waals surface area contributed by atoms with Crippen LogP contribution in [-0.2, 0) is 0 Å². The van der Waals surface area contributed by atoms with E-state index in [1.807, 2.05) is 0 Å². The Morgan fingerprint density at radius 3 is 0.667 bits per heavy atom. The van der Waals surface area contributed by atoms with E-state index in [1.54, 1.807) is 0 Å². The number of hydrogen-bond donors (Lipinski definition) is 6. The van der Waals surface area contributed by atoms with Crippen molar-refractivity contribution in [1.82, 2.24) is 0 Å². The van der Waals surface area contributed by atoms with Crippen LogP contribution in [0.25, 0.3) is 0 Å². The van der Waals surface area contributed by atoms with Crippen LogP contribution in [0.3, 0.4) is 0 Å². The Morgan fingerprint density at radius 2 is 0.667 bits per heavy atom. The van der Waals surface area contributed by atoms with Crippen molar-refractivity contribution in [3.05, 3.63) is 0 Å². The molecule has 0 unspecified atom stereocenters. The minimum atomic E-state index is -2.17. The first kappa shape index (κ1) is 16.6. The zero-order valence-corrected chi connectivity index (χ0v) is 6.75. The smallest absolute Gasteiger partial charge is 1.00 e. The molecule has 52 valence electrons. The van der Waals surface area contributed by atoms with Crippen molar-refractivity contribution in [2.24, 2.45) is 0 Å². The molecule has 6 nitrogen and oxygen atoms in total. The molecule has 0 bridgehead atoms. The third-order valence-corrected chi connectivity index (χ3v) is 0. The van der Waals surface area contributed by atoms with E-state index in [4.69, 9.17) is 30.1 Å². The van der Waals surface area contributed by atoms with E-state index in [2.05, 4.69) is 0 Å². The van der Waals surface area contributed by atoms with Gasteiger partial charge in [0.25, 0.3) is 0 Å². The maximum absolute atomic E-state index is 7.17. The molecule has 0 rings (SSSR count). The Hall–Kier alpha value is 1.15. The zero-order valence-electron chi connectivity index (χ0n) is 6.55. The van der Waals surface area contributed by atoms with Crippen LogP contribution in [0.2, 0.25) is 0 Å². The summed E-state index contributed by atoms with van der Waals surface area (Å²) >= 11 is 0. The zero-order chi connectivity index (χ0) is 7.15. The molecule has 0 heterocycles. The molecule has 0 aromatic carbocycles. The van der Waals surface area contributed by atoms with Gasteiger partial charge in [0.1, 0.15) is 0 Å². The summed E-state index contributed by atoms with van der Waals surface area (Å²) in [6.45, 7) is 0. The molecule has 0 radical (unpaired) electrons. The molecule has 0 amide bonds. The van der Waals surface area contributed by atoms with Crippen molar-refractivity contribution < 1.29 is 33.0 Å². The van der Waals surface area contributed by atoms with Gasteiger partial charge in [-0.25, -0.2) is 0 Å². The van der Waals surface area contributed by atoms with Gasteiger partial charge in [0.05, 0.1) is 0 Å². The van der Waals surface area contributed by atoms with Crippen LogP contribution in [0.4, 0.5) is 0 Å². The van der Waals surface area contributed by atoms with Crippen molar-refractivity contribution in [3.8, 4) is 0 Å². The Bertz CT molecular complexity index is 34.1. The van der Waals surface area contributed by atoms with Gasteiger partial charge in [0, 0.05) is 0 Å². The van der Waals surface area contributed by atoms with Gasteiger partial charge in [0.15, 0.2) is 0 Å². The van der Waals surface area contributed by atoms with Crippen molar-refractivity contribution in [2.45, 2.75) is 0 Å². The molecule has 9 heteroatoms. The average molecular weight is 166 g/mol. The molecule has 0 aromatic rings. The fourth-order valence-electron chi connectivity index (χ4n) is 0. The summed E-state index contributed by atoms with van der Waals surface area (Å²) in [5.41, 5.74) is 0. The van der Waals surface area contributed by atoms with Gasteiger partial charge in [-0.1, -0.05) is 0 Å². The van der Waals surface area contributed by atoms with Gasteiger partial charge in [-0.15, -0.1) is 0 Å². The third-order valence-electron chi connectivity index (χ3n) is 0. The maximum atomic E-state index is 7.17. The topological polar surface area (TPSA) is 121 Å². The average Bonchev–Trinajstić information content (AvgIpc) is 1.25. The summed E-state index contributed by atoms with van der Waals surface area (Å²) in [5, 5.41) is 43.0. The maximum Gasteiger partial charge on any atom is 2.00 e. The summed E-state index contributed by atoms with van der Waals surface area (Å²) in [6.07, 6.45) is 0. The molecule has 9 heavy (non-hydrogen) atoms. The minimum absolute atomic E-state index is 0. The third kappa shape index (κ3) is 354. The fraction of sp³-hybridized carbons (Fsp3) is 0. The fourth-order valence-corrected chi connectivity index (χ4v) is 0. The molecule has 0 saturated carbocycles. The molecule has 0 saturated heterocycles. The van der Waals surface area contributed by atoms with Crippen LogP contribution in [0, 0.1) is 0 Å². The van der Waals surface area contributed by atoms with Crippen LogP contribution in [0.1, 0.15) is 2.85 Å². The SMILES string of the molecule is OB(O)O.OB(O)O.[Ca+2].[H-].[H-]. The number of hydrogen-bond acceptors (Lipinski definition) is 6. The van der Waals surface area contributed by atoms with E-state index in [0.29, 0.717) is 0 Å². The summed E-state index contributed by atoms with van der Waals surface area (Å²) < 4.78 is 0. The van der Waals surface area contributed by atoms with Crippen LogP contribution in [0.5, 0.6) is 0 Å². The second kappa shape index (κ2) is 11.9. The molecule has 0 aliphatic heterocycles. The number of rotatable bonds is 0. The van der Waals surface area contributed by atoms with E-state index in [0.717, 1.165) is 0 Å². The summed E-state index contributed by atoms with van der Waals surface area (Å²) in [6, 6.07) is 0. The first-order valence-electron chi connectivity index (χ1n) is 1.55. The van der Waals surface area contributed by atoms with Crippen LogP contribution in [-0.4, -0.2) is 82.5 Å². The quantitative estimate of drug-likeness (QED) is 0.202. The van der Waals surface area contributed by atoms with E-state index < -0.39 is 14.6 Å². The van der Waals surface area contributed by atoms with Gasteiger partial charge in [-0.05, 0) is 0 Å². The molecule has 6 N–H and O–H groups in total. The molecule has 0 atom stereocenters. The first-order chi connectivity index (χ1) is 3.46. The summed E-state index contributed by atoms with van der Waals surface area (Å²) in [5.74, 6) is 0. The molecule has 0 aliphatic rings. The predicted molar refractivity (Wildman–Crippen MR) is 32.8 cm³/mol. The molecule has 0 aromatic heterocycles. The predicted octanol–water partition coefficient (Wildman–Crippen LogP) is -4.26. The molecular formula is H8B2CaO6. The standard InChI is InChI=1S/2BH3O3.Ca.2H/c2*2-1(3)4;;;/h2*2-4H;;;/q;;+2;2*-1. The van der Waals surface area contributed by atoms with E-state index >= 15 is 0 Å². The van der Waals surface area contributed by atoms with Crippen molar-refractivity contribution >= 4 is 52.4 Å². The van der Waals surface area contributed by atoms with E-state index in [1.165, 1.54) is 0 Å². The van der Waals surface area contributed by atoms with Crippen molar-refractivity contribution in [3.63, 3.8) is 0 Å². The van der Waals surface area contributed by atoms with Crippen LogP contribution < -0.4 is 0 Å². The monoisotopic (exact) mass is 166 g/mol. The van der Waals surface area contributed by atoms with E-state index in [9.17, 15) is 0 Å². The largest absolute Gasteiger partial charge is 2.00 e. The Labute approximate surface area is 85.1 Å². The molecular weight excluding hydrogens is 158 g/mol. The van der Waals surface area contributed by atoms with Gasteiger partial charge in [0.2, 0.25) is 0 Å². The van der Waals surface area contributed by atoms with Gasteiger partial charge in [-0.3, -0.25) is 0 Å². The van der Waals surface area contributed by atoms with Gasteiger partial charge >= 0.3 is 52.4 Å². The van der Waals surface area contributed by atoms with Crippen LogP contribution >= 0.6 is 0 Å². The Kier molecular flexibility index (Phi) is 22.0. The summed E-state index contributed by atoms with van der Waals surface area (Å²) in [4.78, 5) is 0. The van der Waals surface area contributed by atoms with E-state index in [-0.39, 0.29) is 40.6 Å². The van der Waals surface area contributed by atoms with Gasteiger partial charge < -0.3 is 33.0 Å². The second-order valence-electron chi connectivity index (χ2n) is 0.693. The molecule has 0 fully saturated rings. The van der Waals surface area contributed by atoms with Gasteiger partial charge in [-0.2, -0.15) is 0 Å². The minimum Gasteiger partial charge on any atom is -1.00 e. The Morgan fingerprint density at radius 1 is 0.667 bits per heavy atom. The Balaban J connectivity index is -0.0000000171. The van der Waals surface area contributed by atoms with Crippen molar-refractivity contribution in [2.75, 3.05) is 0 Å². The second-order valence-corrected chi connectivity index (χ2v) is 0.693. The molecule has 0 aliphatic carbocycles. The normalized spacial score (nSPS) is 6.00. The first-order valence-corrected chi connectivity index (χ1v) is 1.55. The summed E-state index contributed by atoms with van der Waals surface area (Å²) in [7, 11) is -4.33. The van der Waals surface area contributed by atoms with Crippen LogP contribution in [0.15, 0.2) is 0 Å². The molecule has 0 spiro atoms. The van der Waals surface area contributed by atoms with Crippen molar-refractivity contribution in [1.29, 1.82) is 0 Å².